The first kappa shape index (κ1) is 20.1. The van der Waals surface area contributed by atoms with Gasteiger partial charge in [0.25, 0.3) is 0 Å². The first-order valence-electron chi connectivity index (χ1n) is 8.43. The van der Waals surface area contributed by atoms with Gasteiger partial charge in [-0.2, -0.15) is 0 Å². The van der Waals surface area contributed by atoms with E-state index in [1.165, 1.54) is 12.1 Å². The summed E-state index contributed by atoms with van der Waals surface area (Å²) >= 11 is 0. The second-order valence-electron chi connectivity index (χ2n) is 6.15. The summed E-state index contributed by atoms with van der Waals surface area (Å²) in [6, 6.07) is 18.1. The number of sulfonamides is 1. The maximum atomic E-state index is 12.1. The standard InChI is InChI=1S/C19H25N3O3S/c1-22(2)18(16-9-5-3-6-10-16)15-20-19(23)13-14-21-26(24,25)17-11-7-4-8-12-17/h3-12,18,21H,13-15H2,1-2H3,(H,20,23). The molecular weight excluding hydrogens is 350 g/mol. The van der Waals surface area contributed by atoms with Crippen molar-refractivity contribution in [2.45, 2.75) is 17.4 Å². The van der Waals surface area contributed by atoms with Gasteiger partial charge in [-0.1, -0.05) is 48.5 Å². The molecule has 0 aliphatic carbocycles. The van der Waals surface area contributed by atoms with Crippen molar-refractivity contribution < 1.29 is 13.2 Å². The fraction of sp³-hybridized carbons (Fsp3) is 0.316. The number of likely N-dealkylation sites (N-methyl/N-ethyl adjacent to an activating group) is 1. The van der Waals surface area contributed by atoms with E-state index in [0.717, 1.165) is 5.56 Å². The van der Waals surface area contributed by atoms with Gasteiger partial charge >= 0.3 is 0 Å². The van der Waals surface area contributed by atoms with Crippen molar-refractivity contribution in [2.75, 3.05) is 27.2 Å². The van der Waals surface area contributed by atoms with Gasteiger partial charge in [0, 0.05) is 19.5 Å². The molecule has 2 rings (SSSR count). The number of amides is 1. The minimum Gasteiger partial charge on any atom is -0.354 e. The molecule has 0 aromatic heterocycles. The van der Waals surface area contributed by atoms with Crippen molar-refractivity contribution in [3.63, 3.8) is 0 Å². The molecule has 0 spiro atoms. The molecule has 7 heteroatoms. The molecular formula is C19H25N3O3S. The third kappa shape index (κ3) is 5.94. The average molecular weight is 375 g/mol. The number of hydrogen-bond acceptors (Lipinski definition) is 4. The average Bonchev–Trinajstić information content (AvgIpc) is 2.63. The Labute approximate surface area is 155 Å². The summed E-state index contributed by atoms with van der Waals surface area (Å²) in [6.45, 7) is 0.516. The van der Waals surface area contributed by atoms with E-state index in [1.807, 2.05) is 49.3 Å². The maximum absolute atomic E-state index is 12.1. The number of benzene rings is 2. The molecule has 0 saturated carbocycles. The second kappa shape index (κ2) is 9.47. The Kier molecular flexibility index (Phi) is 7.32. The van der Waals surface area contributed by atoms with Gasteiger partial charge in [-0.05, 0) is 31.8 Å². The van der Waals surface area contributed by atoms with Crippen molar-refractivity contribution in [3.8, 4) is 0 Å². The SMILES string of the molecule is CN(C)C(CNC(=O)CCNS(=O)(=O)c1ccccc1)c1ccccc1. The van der Waals surface area contributed by atoms with Crippen molar-refractivity contribution in [1.82, 2.24) is 14.9 Å². The van der Waals surface area contributed by atoms with Crippen LogP contribution in [0.4, 0.5) is 0 Å². The summed E-state index contributed by atoms with van der Waals surface area (Å²) in [5, 5.41) is 2.87. The molecule has 1 amide bonds. The van der Waals surface area contributed by atoms with E-state index in [1.54, 1.807) is 18.2 Å². The maximum Gasteiger partial charge on any atom is 0.240 e. The van der Waals surface area contributed by atoms with E-state index in [9.17, 15) is 13.2 Å². The molecule has 1 atom stereocenters. The number of nitrogens with one attached hydrogen (secondary N) is 2. The number of carbonyl (C=O) groups is 1. The lowest BCUT2D eigenvalue weighted by atomic mass is 10.1. The molecule has 0 saturated heterocycles. The van der Waals surface area contributed by atoms with Crippen molar-refractivity contribution in [2.24, 2.45) is 0 Å². The molecule has 2 aromatic rings. The van der Waals surface area contributed by atoms with E-state index < -0.39 is 10.0 Å². The molecule has 1 unspecified atom stereocenters. The van der Waals surface area contributed by atoms with Crippen molar-refractivity contribution in [3.05, 3.63) is 66.2 Å². The third-order valence-electron chi connectivity index (χ3n) is 4.00. The zero-order valence-electron chi connectivity index (χ0n) is 15.1. The summed E-state index contributed by atoms with van der Waals surface area (Å²) in [5.41, 5.74) is 1.11. The Hall–Kier alpha value is -2.22. The van der Waals surface area contributed by atoms with Crippen LogP contribution in [-0.2, 0) is 14.8 Å². The van der Waals surface area contributed by atoms with E-state index in [-0.39, 0.29) is 29.8 Å². The summed E-state index contributed by atoms with van der Waals surface area (Å²) in [4.78, 5) is 14.3. The first-order chi connectivity index (χ1) is 12.4. The van der Waals surface area contributed by atoms with E-state index >= 15 is 0 Å². The van der Waals surface area contributed by atoms with Gasteiger partial charge in [-0.15, -0.1) is 0 Å². The molecule has 26 heavy (non-hydrogen) atoms. The molecule has 2 N–H and O–H groups in total. The Morgan fingerprint density at radius 1 is 1.00 bits per heavy atom. The Morgan fingerprint density at radius 2 is 1.58 bits per heavy atom. The minimum absolute atomic E-state index is 0.0566. The molecule has 2 aromatic carbocycles. The summed E-state index contributed by atoms with van der Waals surface area (Å²) < 4.78 is 26.7. The zero-order valence-corrected chi connectivity index (χ0v) is 15.9. The lowest BCUT2D eigenvalue weighted by molar-refractivity contribution is -0.121. The van der Waals surface area contributed by atoms with Crippen LogP contribution >= 0.6 is 0 Å². The van der Waals surface area contributed by atoms with Gasteiger partial charge in [0.2, 0.25) is 15.9 Å². The molecule has 0 bridgehead atoms. The number of nitrogens with zero attached hydrogens (tertiary/aromatic N) is 1. The highest BCUT2D eigenvalue weighted by Crippen LogP contribution is 2.16. The normalized spacial score (nSPS) is 12.7. The van der Waals surface area contributed by atoms with Crippen LogP contribution in [0.5, 0.6) is 0 Å². The number of hydrogen-bond donors (Lipinski definition) is 2. The lowest BCUT2D eigenvalue weighted by Gasteiger charge is -2.25. The Balaban J connectivity index is 1.81. The molecule has 0 heterocycles. The fourth-order valence-corrected chi connectivity index (χ4v) is 3.61. The van der Waals surface area contributed by atoms with E-state index in [0.29, 0.717) is 6.54 Å². The highest BCUT2D eigenvalue weighted by Gasteiger charge is 2.16. The van der Waals surface area contributed by atoms with Crippen LogP contribution in [0.25, 0.3) is 0 Å². The summed E-state index contributed by atoms with van der Waals surface area (Å²) in [7, 11) is 0.330. The van der Waals surface area contributed by atoms with Gasteiger partial charge in [0.1, 0.15) is 0 Å². The van der Waals surface area contributed by atoms with Crippen LogP contribution in [0.3, 0.4) is 0 Å². The van der Waals surface area contributed by atoms with Gasteiger partial charge in [0.05, 0.1) is 10.9 Å². The lowest BCUT2D eigenvalue weighted by Crippen LogP contribution is -2.36. The van der Waals surface area contributed by atoms with Crippen molar-refractivity contribution in [1.29, 1.82) is 0 Å². The predicted octanol–water partition coefficient (Wildman–Crippen LogP) is 1.77. The zero-order chi connectivity index (χ0) is 19.0. The summed E-state index contributed by atoms with van der Waals surface area (Å²) in [6.07, 6.45) is 0.0843. The van der Waals surface area contributed by atoms with Gasteiger partial charge in [0.15, 0.2) is 0 Å². The van der Waals surface area contributed by atoms with Crippen LogP contribution in [0.15, 0.2) is 65.6 Å². The third-order valence-corrected chi connectivity index (χ3v) is 5.47. The summed E-state index contributed by atoms with van der Waals surface area (Å²) in [5.74, 6) is -0.191. The van der Waals surface area contributed by atoms with Crippen LogP contribution in [-0.4, -0.2) is 46.4 Å². The second-order valence-corrected chi connectivity index (χ2v) is 7.92. The smallest absolute Gasteiger partial charge is 0.240 e. The van der Waals surface area contributed by atoms with E-state index in [2.05, 4.69) is 10.0 Å². The highest BCUT2D eigenvalue weighted by atomic mass is 32.2. The van der Waals surface area contributed by atoms with Crippen LogP contribution < -0.4 is 10.0 Å². The topological polar surface area (TPSA) is 78.5 Å². The monoisotopic (exact) mass is 375 g/mol. The highest BCUT2D eigenvalue weighted by molar-refractivity contribution is 7.89. The Bertz CT molecular complexity index is 793. The Morgan fingerprint density at radius 3 is 2.15 bits per heavy atom. The predicted molar refractivity (Wildman–Crippen MR) is 102 cm³/mol. The molecule has 0 aliphatic heterocycles. The molecule has 140 valence electrons. The minimum atomic E-state index is -3.58. The van der Waals surface area contributed by atoms with Crippen LogP contribution in [0.1, 0.15) is 18.0 Å². The number of rotatable bonds is 9. The van der Waals surface area contributed by atoms with Gasteiger partial charge in [-0.25, -0.2) is 13.1 Å². The molecule has 0 radical (unpaired) electrons. The van der Waals surface area contributed by atoms with Crippen molar-refractivity contribution >= 4 is 15.9 Å². The quantitative estimate of drug-likeness (QED) is 0.700. The first-order valence-corrected chi connectivity index (χ1v) is 9.91. The van der Waals surface area contributed by atoms with Crippen LogP contribution in [0, 0.1) is 0 Å². The number of carbonyl (C=O) groups excluding carboxylic acids is 1. The van der Waals surface area contributed by atoms with Gasteiger partial charge < -0.3 is 10.2 Å². The van der Waals surface area contributed by atoms with Gasteiger partial charge in [-0.3, -0.25) is 4.79 Å². The van der Waals surface area contributed by atoms with Crippen LogP contribution in [0.2, 0.25) is 0 Å². The van der Waals surface area contributed by atoms with E-state index in [4.69, 9.17) is 0 Å². The fourth-order valence-electron chi connectivity index (χ4n) is 2.55. The largest absolute Gasteiger partial charge is 0.354 e. The molecule has 6 nitrogen and oxygen atoms in total. The molecule has 0 fully saturated rings. The molecule has 0 aliphatic rings.